The Hall–Kier alpha value is -2.54. The van der Waals surface area contributed by atoms with Crippen LogP contribution in [0.2, 0.25) is 0 Å². The smallest absolute Gasteiger partial charge is 0.262 e. The molecule has 0 aromatic carbocycles. The number of carbonyl (C=O) groups excluding carboxylic acids is 1. The number of thiophene rings is 1. The number of hydrogen-bond acceptors (Lipinski definition) is 5. The second-order valence-corrected chi connectivity index (χ2v) is 8.90. The Morgan fingerprint density at radius 1 is 1.24 bits per heavy atom. The van der Waals surface area contributed by atoms with Gasteiger partial charge in [-0.25, -0.2) is 4.98 Å². The molecule has 1 fully saturated rings. The van der Waals surface area contributed by atoms with Crippen molar-refractivity contribution in [1.29, 1.82) is 0 Å². The van der Waals surface area contributed by atoms with E-state index >= 15 is 0 Å². The van der Waals surface area contributed by atoms with E-state index in [1.807, 2.05) is 32.0 Å². The first-order chi connectivity index (χ1) is 14.0. The highest BCUT2D eigenvalue weighted by atomic mass is 32.1. The molecular formula is C22H26N4O2S. The molecule has 1 saturated carbocycles. The normalized spacial score (nSPS) is 15.9. The van der Waals surface area contributed by atoms with Crippen molar-refractivity contribution in [2.75, 3.05) is 0 Å². The van der Waals surface area contributed by atoms with Crippen LogP contribution >= 0.6 is 11.3 Å². The van der Waals surface area contributed by atoms with Gasteiger partial charge >= 0.3 is 0 Å². The van der Waals surface area contributed by atoms with Gasteiger partial charge in [0.1, 0.15) is 10.3 Å². The van der Waals surface area contributed by atoms with Crippen molar-refractivity contribution in [2.45, 2.75) is 65.0 Å². The summed E-state index contributed by atoms with van der Waals surface area (Å²) in [5.74, 6) is -0.0645. The molecule has 0 amide bonds. The minimum Gasteiger partial charge on any atom is -0.298 e. The van der Waals surface area contributed by atoms with Crippen LogP contribution in [0.3, 0.4) is 0 Å². The molecule has 3 heterocycles. The zero-order valence-electron chi connectivity index (χ0n) is 16.9. The lowest BCUT2D eigenvalue weighted by Gasteiger charge is -2.17. The summed E-state index contributed by atoms with van der Waals surface area (Å²) in [7, 11) is 0. The summed E-state index contributed by atoms with van der Waals surface area (Å²) in [6.45, 7) is 4.25. The lowest BCUT2D eigenvalue weighted by Crippen LogP contribution is -2.30. The van der Waals surface area contributed by atoms with Crippen LogP contribution < -0.4 is 11.0 Å². The van der Waals surface area contributed by atoms with Gasteiger partial charge in [-0.3, -0.25) is 23.7 Å². The highest BCUT2D eigenvalue weighted by Gasteiger charge is 2.15. The van der Waals surface area contributed by atoms with Gasteiger partial charge in [0.25, 0.3) is 5.56 Å². The molecule has 0 radical (unpaired) electrons. The van der Waals surface area contributed by atoms with Crippen LogP contribution in [-0.4, -0.2) is 26.1 Å². The molecule has 152 valence electrons. The maximum absolute atomic E-state index is 12.9. The molecule has 0 bridgehead atoms. The van der Waals surface area contributed by atoms with Gasteiger partial charge in [-0.15, -0.1) is 11.3 Å². The number of aryl methyl sites for hydroxylation is 3. The molecule has 0 unspecified atom stereocenters. The lowest BCUT2D eigenvalue weighted by molar-refractivity contribution is 0.0890. The van der Waals surface area contributed by atoms with Crippen LogP contribution in [-0.2, 0) is 6.54 Å². The van der Waals surface area contributed by atoms with Crippen LogP contribution in [0.25, 0.3) is 10.2 Å². The maximum atomic E-state index is 12.9. The van der Waals surface area contributed by atoms with E-state index in [0.717, 1.165) is 28.1 Å². The standard InChI is InChI=1S/C22H26N4O2S/c1-15-16(2)29-21-20(15)22(28)25(14-23-21)13-11-19(27)26-12-7-6-10-18(26)24-17-8-4-3-5-9-17/h6-7,10,12,14,17H,3-5,8-9,11,13H2,1-2H3. The molecule has 7 heteroatoms. The molecule has 0 aliphatic heterocycles. The molecule has 6 nitrogen and oxygen atoms in total. The summed E-state index contributed by atoms with van der Waals surface area (Å²) in [6, 6.07) is 5.94. The Bertz CT molecular complexity index is 1170. The fourth-order valence-electron chi connectivity index (χ4n) is 3.91. The molecule has 3 aromatic heterocycles. The lowest BCUT2D eigenvalue weighted by atomic mass is 9.96. The summed E-state index contributed by atoms with van der Waals surface area (Å²) in [6.07, 6.45) is 9.39. The van der Waals surface area contributed by atoms with E-state index in [2.05, 4.69) is 4.98 Å². The van der Waals surface area contributed by atoms with E-state index in [1.165, 1.54) is 30.6 Å². The summed E-state index contributed by atoms with van der Waals surface area (Å²) in [4.78, 5) is 36.8. The van der Waals surface area contributed by atoms with Crippen molar-refractivity contribution in [3.8, 4) is 0 Å². The fourth-order valence-corrected chi connectivity index (χ4v) is 4.90. The number of nitrogens with zero attached hydrogens (tertiary/aromatic N) is 4. The van der Waals surface area contributed by atoms with Gasteiger partial charge in [0, 0.05) is 24.0 Å². The second-order valence-electron chi connectivity index (χ2n) is 7.70. The quantitative estimate of drug-likeness (QED) is 0.656. The Labute approximate surface area is 173 Å². The molecule has 29 heavy (non-hydrogen) atoms. The highest BCUT2D eigenvalue weighted by molar-refractivity contribution is 7.18. The van der Waals surface area contributed by atoms with E-state index in [4.69, 9.17) is 4.99 Å². The van der Waals surface area contributed by atoms with E-state index in [0.29, 0.717) is 23.5 Å². The third kappa shape index (κ3) is 4.10. The predicted molar refractivity (Wildman–Crippen MR) is 115 cm³/mol. The minimum absolute atomic E-state index is 0.0645. The third-order valence-corrected chi connectivity index (χ3v) is 6.83. The molecule has 3 aromatic rings. The van der Waals surface area contributed by atoms with Crippen molar-refractivity contribution in [2.24, 2.45) is 4.99 Å². The zero-order valence-corrected chi connectivity index (χ0v) is 17.7. The Kier molecular flexibility index (Phi) is 5.76. The van der Waals surface area contributed by atoms with Gasteiger partial charge in [-0.2, -0.15) is 0 Å². The monoisotopic (exact) mass is 410 g/mol. The van der Waals surface area contributed by atoms with Gasteiger partial charge in [0.2, 0.25) is 5.91 Å². The molecule has 0 atom stereocenters. The van der Waals surface area contributed by atoms with Crippen LogP contribution in [0, 0.1) is 13.8 Å². The number of rotatable bonds is 4. The average molecular weight is 411 g/mol. The van der Waals surface area contributed by atoms with Crippen LogP contribution in [0.4, 0.5) is 0 Å². The van der Waals surface area contributed by atoms with Crippen LogP contribution in [0.5, 0.6) is 0 Å². The third-order valence-electron chi connectivity index (χ3n) is 5.72. The van der Waals surface area contributed by atoms with Gasteiger partial charge < -0.3 is 0 Å². The molecule has 0 saturated heterocycles. The second kappa shape index (κ2) is 8.45. The molecular weight excluding hydrogens is 384 g/mol. The average Bonchev–Trinajstić information content (AvgIpc) is 3.03. The summed E-state index contributed by atoms with van der Waals surface area (Å²) in [5.41, 5.74) is 1.61. The molecule has 0 N–H and O–H groups in total. The number of fused-ring (bicyclic) bond motifs is 1. The summed E-state index contributed by atoms with van der Waals surface area (Å²) in [5, 5.41) is 0.669. The van der Waals surface area contributed by atoms with Gasteiger partial charge in [-0.1, -0.05) is 25.3 Å². The van der Waals surface area contributed by atoms with Gasteiger partial charge in [0.05, 0.1) is 17.8 Å². The molecule has 1 aliphatic carbocycles. The van der Waals surface area contributed by atoms with Crippen LogP contribution in [0.15, 0.2) is 40.5 Å². The van der Waals surface area contributed by atoms with Crippen molar-refractivity contribution >= 4 is 27.5 Å². The van der Waals surface area contributed by atoms with Gasteiger partial charge in [0.15, 0.2) is 0 Å². The minimum atomic E-state index is -0.0742. The highest BCUT2D eigenvalue weighted by Crippen LogP contribution is 2.25. The first kappa shape index (κ1) is 19.8. The van der Waals surface area contributed by atoms with Crippen molar-refractivity contribution in [3.63, 3.8) is 0 Å². The van der Waals surface area contributed by atoms with E-state index < -0.39 is 0 Å². The predicted octanol–water partition coefficient (Wildman–Crippen LogP) is 3.84. The molecule has 0 spiro atoms. The maximum Gasteiger partial charge on any atom is 0.262 e. The molecule has 1 aliphatic rings. The Morgan fingerprint density at radius 3 is 2.83 bits per heavy atom. The topological polar surface area (TPSA) is 69.2 Å². The SMILES string of the molecule is Cc1sc2ncn(CCC(=O)n3ccccc3=NC3CCCCC3)c(=O)c2c1C. The van der Waals surface area contributed by atoms with Crippen molar-refractivity contribution in [1.82, 2.24) is 14.1 Å². The zero-order chi connectivity index (χ0) is 20.4. The van der Waals surface area contributed by atoms with E-state index in [9.17, 15) is 9.59 Å². The first-order valence-corrected chi connectivity index (χ1v) is 11.1. The van der Waals surface area contributed by atoms with E-state index in [-0.39, 0.29) is 17.9 Å². The number of carbonyl (C=O) groups is 1. The number of aromatic nitrogens is 3. The fraction of sp³-hybridized carbons (Fsp3) is 0.455. The number of pyridine rings is 1. The Morgan fingerprint density at radius 2 is 2.03 bits per heavy atom. The Balaban J connectivity index is 1.56. The van der Waals surface area contributed by atoms with E-state index in [1.54, 1.807) is 21.7 Å². The van der Waals surface area contributed by atoms with Crippen molar-refractivity contribution < 1.29 is 4.79 Å². The summed E-state index contributed by atoms with van der Waals surface area (Å²) >= 11 is 1.53. The van der Waals surface area contributed by atoms with Gasteiger partial charge in [-0.05, 0) is 44.4 Å². The van der Waals surface area contributed by atoms with Crippen LogP contribution in [0.1, 0.15) is 53.8 Å². The van der Waals surface area contributed by atoms with Crippen molar-refractivity contribution in [3.05, 3.63) is 57.0 Å². The largest absolute Gasteiger partial charge is 0.298 e. The first-order valence-electron chi connectivity index (χ1n) is 10.2. The number of hydrogen-bond donors (Lipinski definition) is 0. The molecule has 4 rings (SSSR count). The summed E-state index contributed by atoms with van der Waals surface area (Å²) < 4.78 is 3.16.